The minimum absolute atomic E-state index is 0.00695. The lowest BCUT2D eigenvalue weighted by atomic mass is 9.91. The number of imidazole rings is 1. The van der Waals surface area contributed by atoms with Gasteiger partial charge in [-0.05, 0) is 29.7 Å². The van der Waals surface area contributed by atoms with E-state index in [1.165, 1.54) is 6.33 Å². The number of hydrogen-bond acceptors (Lipinski definition) is 13. The summed E-state index contributed by atoms with van der Waals surface area (Å²) in [5, 5.41) is 45.2. The number of aromatic nitrogens is 9. The number of tetrazole rings is 1. The molecule has 2 saturated heterocycles. The van der Waals surface area contributed by atoms with Gasteiger partial charge in [-0.3, -0.25) is 9.55 Å². The Bertz CT molecular complexity index is 2030. The highest BCUT2D eigenvalue weighted by atomic mass is 16.6. The Balaban J connectivity index is 1.10. The van der Waals surface area contributed by atoms with Crippen LogP contribution in [0.15, 0.2) is 91.5 Å². The van der Waals surface area contributed by atoms with Crippen LogP contribution in [-0.2, 0) is 4.74 Å². The summed E-state index contributed by atoms with van der Waals surface area (Å²) in [6, 6.07) is 23.5. The van der Waals surface area contributed by atoms with Crippen molar-refractivity contribution in [1.82, 2.24) is 50.4 Å². The van der Waals surface area contributed by atoms with Crippen molar-refractivity contribution in [3.63, 3.8) is 0 Å². The standard InChI is InChI=1S/C34H35N13O4/c48-26-27(49)32(51-28(26)30-42-44-45-43-30)47-19-37-25-29(36-17-24(20-8-3-1-4-9-20)21-10-5-2-6-11-21)40-33(41-31(25)47)46-15-13-23(18-46)39-34(50)38-22-12-7-14-35-16-22/h1-12,14,16,19,23-24,26-28,32,48-49H,13,15,17-18H2,(H,36,40,41)(H2,38,39,50)(H,42,43,44,45)/t23-,26?,27-,28?,32-/m1/s1. The van der Waals surface area contributed by atoms with Crippen LogP contribution in [-0.4, -0.2) is 99.3 Å². The van der Waals surface area contributed by atoms with Gasteiger partial charge in [0.1, 0.15) is 12.2 Å². The number of urea groups is 1. The van der Waals surface area contributed by atoms with E-state index >= 15 is 0 Å². The van der Waals surface area contributed by atoms with Crippen LogP contribution in [0.1, 0.15) is 41.6 Å². The summed E-state index contributed by atoms with van der Waals surface area (Å²) in [7, 11) is 0. The molecule has 0 radical (unpaired) electrons. The molecule has 6 N–H and O–H groups in total. The number of H-pyrrole nitrogens is 1. The second kappa shape index (κ2) is 14.1. The number of carbonyl (C=O) groups excluding carboxylic acids is 1. The van der Waals surface area contributed by atoms with Crippen molar-refractivity contribution in [3.05, 3.63) is 108 Å². The van der Waals surface area contributed by atoms with Crippen molar-refractivity contribution < 1.29 is 19.7 Å². The van der Waals surface area contributed by atoms with Crippen LogP contribution in [0.5, 0.6) is 0 Å². The first-order valence-electron chi connectivity index (χ1n) is 16.6. The molecule has 0 bridgehead atoms. The molecule has 8 rings (SSSR count). The zero-order valence-corrected chi connectivity index (χ0v) is 27.2. The van der Waals surface area contributed by atoms with E-state index in [0.29, 0.717) is 54.7 Å². The van der Waals surface area contributed by atoms with E-state index in [1.807, 2.05) is 41.3 Å². The first-order valence-corrected chi connectivity index (χ1v) is 16.6. The van der Waals surface area contributed by atoms with Gasteiger partial charge in [-0.25, -0.2) is 9.78 Å². The molecular weight excluding hydrogens is 654 g/mol. The third-order valence-electron chi connectivity index (χ3n) is 9.14. The fourth-order valence-corrected chi connectivity index (χ4v) is 6.60. The van der Waals surface area contributed by atoms with Gasteiger partial charge >= 0.3 is 6.03 Å². The number of benzene rings is 2. The number of amides is 2. The predicted octanol–water partition coefficient (Wildman–Crippen LogP) is 2.37. The number of aromatic amines is 1. The van der Waals surface area contributed by atoms with Crippen molar-refractivity contribution in [2.75, 3.05) is 35.2 Å². The summed E-state index contributed by atoms with van der Waals surface area (Å²) in [5.74, 6) is 0.996. The summed E-state index contributed by atoms with van der Waals surface area (Å²) in [5.41, 5.74) is 3.70. The van der Waals surface area contributed by atoms with Gasteiger partial charge in [-0.2, -0.15) is 15.2 Å². The second-order valence-electron chi connectivity index (χ2n) is 12.4. The second-order valence-corrected chi connectivity index (χ2v) is 12.4. The molecule has 0 saturated carbocycles. The average molecular weight is 690 g/mol. The number of carbonyl (C=O) groups is 1. The molecule has 2 aliphatic rings. The number of anilines is 3. The van der Waals surface area contributed by atoms with Crippen LogP contribution in [0.4, 0.5) is 22.2 Å². The largest absolute Gasteiger partial charge is 0.387 e. The third-order valence-corrected chi connectivity index (χ3v) is 9.14. The zero-order chi connectivity index (χ0) is 34.7. The molecule has 0 spiro atoms. The summed E-state index contributed by atoms with van der Waals surface area (Å²) < 4.78 is 7.68. The lowest BCUT2D eigenvalue weighted by molar-refractivity contribution is -0.0383. The SMILES string of the molecule is O=C(Nc1cccnc1)N[C@@H]1CCN(c2nc(NCC(c3ccccc3)c3ccccc3)c3ncn([C@@H]4OC(c5nn[nH]n5)C(O)[C@H]4O)c3n2)C1. The number of hydrogen-bond donors (Lipinski definition) is 6. The molecule has 5 atom stereocenters. The molecule has 0 aliphatic carbocycles. The average Bonchev–Trinajstić information content (AvgIpc) is 3.98. The Morgan fingerprint density at radius 2 is 1.78 bits per heavy atom. The first kappa shape index (κ1) is 32.2. The minimum Gasteiger partial charge on any atom is -0.387 e. The van der Waals surface area contributed by atoms with Crippen LogP contribution in [0.2, 0.25) is 0 Å². The topological polar surface area (TPSA) is 217 Å². The van der Waals surface area contributed by atoms with Gasteiger partial charge in [-0.15, -0.1) is 10.2 Å². The monoisotopic (exact) mass is 689 g/mol. The van der Waals surface area contributed by atoms with Crippen LogP contribution in [0.3, 0.4) is 0 Å². The molecule has 2 fully saturated rings. The number of rotatable bonds is 10. The summed E-state index contributed by atoms with van der Waals surface area (Å²) >= 11 is 0. The molecule has 2 aromatic carbocycles. The highest BCUT2D eigenvalue weighted by Gasteiger charge is 2.47. The van der Waals surface area contributed by atoms with Crippen molar-refractivity contribution in [1.29, 1.82) is 0 Å². The Kier molecular flexibility index (Phi) is 8.87. The van der Waals surface area contributed by atoms with Crippen molar-refractivity contribution in [3.8, 4) is 0 Å². The number of aliphatic hydroxyl groups excluding tert-OH is 2. The number of nitrogens with zero attached hydrogens (tertiary/aromatic N) is 9. The number of nitrogens with one attached hydrogen (secondary N) is 4. The lowest BCUT2D eigenvalue weighted by Crippen LogP contribution is -2.40. The predicted molar refractivity (Wildman–Crippen MR) is 185 cm³/mol. The lowest BCUT2D eigenvalue weighted by Gasteiger charge is -2.22. The maximum Gasteiger partial charge on any atom is 0.319 e. The minimum atomic E-state index is -1.35. The van der Waals surface area contributed by atoms with E-state index in [1.54, 1.807) is 29.1 Å². The van der Waals surface area contributed by atoms with Crippen LogP contribution >= 0.6 is 0 Å². The van der Waals surface area contributed by atoms with Gasteiger partial charge in [0, 0.05) is 37.8 Å². The highest BCUT2D eigenvalue weighted by molar-refractivity contribution is 5.89. The molecule has 2 amide bonds. The van der Waals surface area contributed by atoms with Gasteiger partial charge in [-0.1, -0.05) is 65.9 Å². The number of pyridine rings is 1. The van der Waals surface area contributed by atoms with E-state index in [-0.39, 0.29) is 23.8 Å². The van der Waals surface area contributed by atoms with Crippen LogP contribution in [0, 0.1) is 0 Å². The van der Waals surface area contributed by atoms with Gasteiger partial charge in [0.05, 0.1) is 18.2 Å². The molecule has 2 aliphatic heterocycles. The highest BCUT2D eigenvalue weighted by Crippen LogP contribution is 2.39. The molecular formula is C34H35N13O4. The van der Waals surface area contributed by atoms with Gasteiger partial charge in [0.2, 0.25) is 11.8 Å². The molecule has 2 unspecified atom stereocenters. The third kappa shape index (κ3) is 6.64. The fourth-order valence-electron chi connectivity index (χ4n) is 6.60. The Labute approximate surface area is 291 Å². The Morgan fingerprint density at radius 3 is 2.49 bits per heavy atom. The van der Waals surface area contributed by atoms with Gasteiger partial charge < -0.3 is 35.8 Å². The van der Waals surface area contributed by atoms with Crippen molar-refractivity contribution >= 4 is 34.6 Å². The molecule has 6 aromatic rings. The van der Waals surface area contributed by atoms with E-state index in [4.69, 9.17) is 14.7 Å². The molecule has 6 heterocycles. The maximum atomic E-state index is 12.8. The summed E-state index contributed by atoms with van der Waals surface area (Å²) in [6.45, 7) is 1.53. The van der Waals surface area contributed by atoms with Crippen LogP contribution < -0.4 is 20.9 Å². The zero-order valence-electron chi connectivity index (χ0n) is 27.2. The Hall–Kier alpha value is -6.04. The fraction of sp³-hybridized carbons (Fsp3) is 0.294. The molecule has 17 nitrogen and oxygen atoms in total. The summed E-state index contributed by atoms with van der Waals surface area (Å²) in [4.78, 5) is 33.3. The van der Waals surface area contributed by atoms with E-state index in [0.717, 1.165) is 11.1 Å². The smallest absolute Gasteiger partial charge is 0.319 e. The van der Waals surface area contributed by atoms with Gasteiger partial charge in [0.25, 0.3) is 0 Å². The quantitative estimate of drug-likeness (QED) is 0.122. The van der Waals surface area contributed by atoms with Gasteiger partial charge in [0.15, 0.2) is 29.3 Å². The molecule has 17 heteroatoms. The van der Waals surface area contributed by atoms with Crippen molar-refractivity contribution in [2.45, 2.75) is 42.9 Å². The van der Waals surface area contributed by atoms with Crippen molar-refractivity contribution in [2.24, 2.45) is 0 Å². The first-order chi connectivity index (χ1) is 25.0. The normalized spacial score (nSPS) is 21.7. The van der Waals surface area contributed by atoms with Crippen LogP contribution in [0.25, 0.3) is 11.2 Å². The number of aliphatic hydroxyl groups is 2. The maximum absolute atomic E-state index is 12.8. The summed E-state index contributed by atoms with van der Waals surface area (Å²) in [6.07, 6.45) is 0.630. The van der Waals surface area contributed by atoms with E-state index in [9.17, 15) is 15.0 Å². The molecule has 260 valence electrons. The number of fused-ring (bicyclic) bond motifs is 1. The van der Waals surface area contributed by atoms with E-state index in [2.05, 4.69) is 70.8 Å². The molecule has 4 aromatic heterocycles. The Morgan fingerprint density at radius 1 is 1.00 bits per heavy atom. The molecule has 51 heavy (non-hydrogen) atoms. The van der Waals surface area contributed by atoms with E-state index < -0.39 is 24.5 Å². The number of ether oxygens (including phenoxy) is 1.